The number of carbonyl (C=O) groups is 1. The highest BCUT2D eigenvalue weighted by atomic mass is 35.5. The minimum Gasteiger partial charge on any atom is -0.460 e. The molecule has 6 nitrogen and oxygen atoms in total. The number of benzene rings is 4. The zero-order valence-electron chi connectivity index (χ0n) is 19.9. The van der Waals surface area contributed by atoms with Crippen LogP contribution in [0.3, 0.4) is 0 Å². The van der Waals surface area contributed by atoms with Crippen molar-refractivity contribution < 1.29 is 9.53 Å². The number of aromatic amines is 1. The van der Waals surface area contributed by atoms with Gasteiger partial charge in [-0.3, -0.25) is 4.79 Å². The predicted octanol–water partition coefficient (Wildman–Crippen LogP) is 7.02. The topological polar surface area (TPSA) is 103 Å². The van der Waals surface area contributed by atoms with Crippen molar-refractivity contribution in [3.63, 3.8) is 0 Å². The number of nitrogens with one attached hydrogen (secondary N) is 1. The number of nitrogens with zero attached hydrogens (tertiary/aromatic N) is 3. The van der Waals surface area contributed by atoms with Crippen molar-refractivity contribution in [2.24, 2.45) is 5.41 Å². The summed E-state index contributed by atoms with van der Waals surface area (Å²) in [7, 11) is 0. The van der Waals surface area contributed by atoms with Gasteiger partial charge in [0, 0.05) is 15.8 Å². The molecule has 1 aromatic heterocycles. The van der Waals surface area contributed by atoms with Gasteiger partial charge in [-0.15, -0.1) is 0 Å². The van der Waals surface area contributed by atoms with E-state index in [4.69, 9.17) is 21.3 Å². The number of H-pyrrole nitrogens is 1. The van der Waals surface area contributed by atoms with Gasteiger partial charge in [0.15, 0.2) is 0 Å². The van der Waals surface area contributed by atoms with Gasteiger partial charge in [0.25, 0.3) is 0 Å². The molecule has 176 valence electrons. The molecule has 0 radical (unpaired) electrons. The SMILES string of the molecule is CC(C)(C)C(=O)OCc1ccc2c(c1)c1cc(Cl)ccc1c1nc(-c3c(C#N)cccc3C#N)[nH]c21. The van der Waals surface area contributed by atoms with Crippen LogP contribution in [0.5, 0.6) is 0 Å². The Balaban J connectivity index is 1.75. The smallest absolute Gasteiger partial charge is 0.311 e. The van der Waals surface area contributed by atoms with Crippen LogP contribution < -0.4 is 0 Å². The van der Waals surface area contributed by atoms with E-state index < -0.39 is 5.41 Å². The minimum absolute atomic E-state index is 0.154. The van der Waals surface area contributed by atoms with Crippen LogP contribution in [-0.2, 0) is 16.1 Å². The molecule has 0 fully saturated rings. The quantitative estimate of drug-likeness (QED) is 0.215. The first-order chi connectivity index (χ1) is 17.2. The number of rotatable bonds is 3. The van der Waals surface area contributed by atoms with Gasteiger partial charge in [-0.05, 0) is 67.4 Å². The summed E-state index contributed by atoms with van der Waals surface area (Å²) < 4.78 is 5.53. The van der Waals surface area contributed by atoms with E-state index in [-0.39, 0.29) is 12.6 Å². The van der Waals surface area contributed by atoms with E-state index in [1.54, 1.807) is 18.2 Å². The molecule has 1 N–H and O–H groups in total. The van der Waals surface area contributed by atoms with E-state index in [0.717, 1.165) is 32.6 Å². The molecule has 0 amide bonds. The molecule has 0 saturated heterocycles. The Morgan fingerprint density at radius 3 is 2.31 bits per heavy atom. The molecule has 0 aliphatic carbocycles. The van der Waals surface area contributed by atoms with Crippen molar-refractivity contribution in [1.29, 1.82) is 10.5 Å². The Hall–Kier alpha value is -4.39. The number of hydrogen-bond donors (Lipinski definition) is 1. The van der Waals surface area contributed by atoms with Gasteiger partial charge in [0.05, 0.1) is 45.3 Å². The number of ether oxygens (including phenoxy) is 1. The lowest BCUT2D eigenvalue weighted by Gasteiger charge is -2.17. The monoisotopic (exact) mass is 492 g/mol. The Kier molecular flexibility index (Phi) is 5.63. The van der Waals surface area contributed by atoms with Crippen LogP contribution in [0.4, 0.5) is 0 Å². The first-order valence-electron chi connectivity index (χ1n) is 11.4. The van der Waals surface area contributed by atoms with Crippen LogP contribution in [-0.4, -0.2) is 15.9 Å². The molecule has 0 spiro atoms. The van der Waals surface area contributed by atoms with Crippen molar-refractivity contribution in [2.45, 2.75) is 27.4 Å². The molecule has 0 atom stereocenters. The summed E-state index contributed by atoms with van der Waals surface area (Å²) in [4.78, 5) is 20.5. The molecule has 5 rings (SSSR count). The molecule has 1 heterocycles. The highest BCUT2D eigenvalue weighted by molar-refractivity contribution is 6.33. The zero-order valence-corrected chi connectivity index (χ0v) is 20.7. The number of aromatic nitrogens is 2. The van der Waals surface area contributed by atoms with Gasteiger partial charge in [-0.1, -0.05) is 35.9 Å². The number of halogens is 1. The van der Waals surface area contributed by atoms with Crippen molar-refractivity contribution in [3.05, 3.63) is 76.3 Å². The van der Waals surface area contributed by atoms with Crippen molar-refractivity contribution in [3.8, 4) is 23.5 Å². The zero-order chi connectivity index (χ0) is 25.6. The van der Waals surface area contributed by atoms with Gasteiger partial charge in [-0.2, -0.15) is 10.5 Å². The Labute approximate surface area is 212 Å². The second kappa shape index (κ2) is 8.68. The van der Waals surface area contributed by atoms with Gasteiger partial charge in [0.2, 0.25) is 0 Å². The van der Waals surface area contributed by atoms with E-state index in [0.29, 0.717) is 33.1 Å². The second-order valence-corrected chi connectivity index (χ2v) is 10.1. The average Bonchev–Trinajstić information content (AvgIpc) is 3.31. The fourth-order valence-corrected chi connectivity index (χ4v) is 4.48. The van der Waals surface area contributed by atoms with Crippen LogP contribution in [0.25, 0.3) is 44.0 Å². The highest BCUT2D eigenvalue weighted by Crippen LogP contribution is 2.38. The number of carbonyl (C=O) groups excluding carboxylic acids is 1. The van der Waals surface area contributed by atoms with Gasteiger partial charge in [0.1, 0.15) is 12.4 Å². The number of fused-ring (bicyclic) bond motifs is 6. The van der Waals surface area contributed by atoms with Crippen molar-refractivity contribution in [1.82, 2.24) is 9.97 Å². The molecule has 36 heavy (non-hydrogen) atoms. The van der Waals surface area contributed by atoms with Crippen LogP contribution in [0.2, 0.25) is 5.02 Å². The lowest BCUT2D eigenvalue weighted by molar-refractivity contribution is -0.154. The summed E-state index contributed by atoms with van der Waals surface area (Å²) in [5.74, 6) is 0.180. The predicted molar refractivity (Wildman–Crippen MR) is 140 cm³/mol. The summed E-state index contributed by atoms with van der Waals surface area (Å²) in [6.45, 7) is 5.61. The van der Waals surface area contributed by atoms with E-state index in [1.165, 1.54) is 0 Å². The number of hydrogen-bond acceptors (Lipinski definition) is 5. The molecule has 0 aliphatic heterocycles. The van der Waals surface area contributed by atoms with E-state index in [2.05, 4.69) is 17.1 Å². The molecule has 7 heteroatoms. The fourth-order valence-electron chi connectivity index (χ4n) is 4.31. The number of imidazole rings is 1. The lowest BCUT2D eigenvalue weighted by atomic mass is 9.97. The summed E-state index contributed by atoms with van der Waals surface area (Å²) in [6.07, 6.45) is 0. The Bertz CT molecular complexity index is 1750. The first kappa shape index (κ1) is 23.4. The van der Waals surface area contributed by atoms with Crippen LogP contribution in [0.15, 0.2) is 54.6 Å². The van der Waals surface area contributed by atoms with Gasteiger partial charge in [-0.25, -0.2) is 4.98 Å². The molecular weight excluding hydrogens is 472 g/mol. The summed E-state index contributed by atoms with van der Waals surface area (Å²) in [5.41, 5.74) is 2.97. The third-order valence-electron chi connectivity index (χ3n) is 6.11. The fraction of sp³-hybridized carbons (Fsp3) is 0.172. The molecule has 0 bridgehead atoms. The van der Waals surface area contributed by atoms with Gasteiger partial charge < -0.3 is 9.72 Å². The lowest BCUT2D eigenvalue weighted by Crippen LogP contribution is -2.22. The van der Waals surface area contributed by atoms with E-state index >= 15 is 0 Å². The van der Waals surface area contributed by atoms with Crippen molar-refractivity contribution >= 4 is 50.1 Å². The van der Waals surface area contributed by atoms with E-state index in [1.807, 2.05) is 57.2 Å². The standard InChI is InChI=1S/C29H21ClN4O2/c1-29(2,3)28(35)36-15-16-7-9-20-22(11-16)23-12-19(30)8-10-21(23)26-25(20)33-27(34-26)24-17(13-31)5-4-6-18(24)14-32/h4-12H,15H2,1-3H3,(H,33,34). The second-order valence-electron chi connectivity index (χ2n) is 9.66. The maximum atomic E-state index is 12.3. The Morgan fingerprint density at radius 1 is 0.972 bits per heavy atom. The first-order valence-corrected chi connectivity index (χ1v) is 11.7. The molecule has 0 aliphatic rings. The summed E-state index contributed by atoms with van der Waals surface area (Å²) >= 11 is 6.37. The van der Waals surface area contributed by atoms with Gasteiger partial charge >= 0.3 is 5.97 Å². The molecule has 0 saturated carbocycles. The average molecular weight is 493 g/mol. The molecule has 4 aromatic carbocycles. The van der Waals surface area contributed by atoms with Crippen LogP contribution >= 0.6 is 11.6 Å². The maximum Gasteiger partial charge on any atom is 0.311 e. The molecular formula is C29H21ClN4O2. The summed E-state index contributed by atoms with van der Waals surface area (Å²) in [6, 6.07) is 20.8. The largest absolute Gasteiger partial charge is 0.460 e. The van der Waals surface area contributed by atoms with Crippen molar-refractivity contribution in [2.75, 3.05) is 0 Å². The third-order valence-corrected chi connectivity index (χ3v) is 6.34. The normalized spacial score (nSPS) is 11.5. The Morgan fingerprint density at radius 2 is 1.64 bits per heavy atom. The maximum absolute atomic E-state index is 12.3. The number of esters is 1. The van der Waals surface area contributed by atoms with Crippen LogP contribution in [0, 0.1) is 28.1 Å². The minimum atomic E-state index is -0.586. The van der Waals surface area contributed by atoms with E-state index in [9.17, 15) is 15.3 Å². The third kappa shape index (κ3) is 3.92. The number of nitriles is 2. The summed E-state index contributed by atoms with van der Waals surface area (Å²) in [5, 5.41) is 23.5. The molecule has 0 unspecified atom stereocenters. The molecule has 5 aromatic rings. The highest BCUT2D eigenvalue weighted by Gasteiger charge is 2.23. The van der Waals surface area contributed by atoms with Crippen LogP contribution in [0.1, 0.15) is 37.5 Å².